The van der Waals surface area contributed by atoms with Crippen molar-refractivity contribution in [3.05, 3.63) is 29.8 Å². The topological polar surface area (TPSA) is 73.9 Å². The van der Waals surface area contributed by atoms with Crippen molar-refractivity contribution in [2.45, 2.75) is 56.4 Å². The fourth-order valence-corrected chi connectivity index (χ4v) is 5.40. The van der Waals surface area contributed by atoms with E-state index in [0.717, 1.165) is 31.6 Å². The first-order chi connectivity index (χ1) is 13.7. The Labute approximate surface area is 165 Å². The lowest BCUT2D eigenvalue weighted by atomic mass is 9.98. The zero-order valence-corrected chi connectivity index (χ0v) is 16.1. The first-order valence-electron chi connectivity index (χ1n) is 10.5. The molecule has 4 atom stereocenters. The van der Waals surface area contributed by atoms with E-state index in [1.54, 1.807) is 0 Å². The second kappa shape index (κ2) is 7.46. The summed E-state index contributed by atoms with van der Waals surface area (Å²) in [5.41, 5.74) is 2.37. The van der Waals surface area contributed by atoms with Gasteiger partial charge in [0.25, 0.3) is 0 Å². The van der Waals surface area contributed by atoms with Crippen LogP contribution < -0.4 is 15.5 Å². The minimum absolute atomic E-state index is 0.00797. The van der Waals surface area contributed by atoms with Crippen LogP contribution in [0, 0.1) is 0 Å². The summed E-state index contributed by atoms with van der Waals surface area (Å²) in [5, 5.41) is 6.45. The number of fused-ring (bicyclic) bond motifs is 3. The minimum Gasteiger partial charge on any atom is -0.379 e. The van der Waals surface area contributed by atoms with Crippen molar-refractivity contribution in [1.29, 1.82) is 0 Å². The molecule has 3 fully saturated rings. The number of amides is 2. The quantitative estimate of drug-likeness (QED) is 0.818. The van der Waals surface area contributed by atoms with Gasteiger partial charge in [-0.05, 0) is 24.5 Å². The van der Waals surface area contributed by atoms with Crippen LogP contribution in [-0.2, 0) is 14.3 Å². The van der Waals surface area contributed by atoms with E-state index in [0.29, 0.717) is 25.6 Å². The van der Waals surface area contributed by atoms with Gasteiger partial charge in [0.05, 0.1) is 38.4 Å². The Balaban J connectivity index is 1.30. The van der Waals surface area contributed by atoms with Crippen LogP contribution in [0.3, 0.4) is 0 Å². The zero-order valence-electron chi connectivity index (χ0n) is 16.1. The molecule has 2 saturated heterocycles. The number of carbonyl (C=O) groups is 2. The van der Waals surface area contributed by atoms with E-state index in [1.165, 1.54) is 12.0 Å². The molecule has 2 amide bonds. The molecule has 28 heavy (non-hydrogen) atoms. The molecule has 3 heterocycles. The van der Waals surface area contributed by atoms with Gasteiger partial charge < -0.3 is 15.0 Å². The van der Waals surface area contributed by atoms with Gasteiger partial charge in [0.15, 0.2) is 0 Å². The third kappa shape index (κ3) is 3.21. The molecule has 0 bridgehead atoms. The molecular weight excluding hydrogens is 356 g/mol. The van der Waals surface area contributed by atoms with Gasteiger partial charge in [-0.3, -0.25) is 19.8 Å². The molecule has 1 aromatic carbocycles. The summed E-state index contributed by atoms with van der Waals surface area (Å²) in [5.74, 6) is 0.575. The highest BCUT2D eigenvalue weighted by molar-refractivity contribution is 5.97. The van der Waals surface area contributed by atoms with Crippen LogP contribution >= 0.6 is 0 Å². The van der Waals surface area contributed by atoms with E-state index in [9.17, 15) is 9.59 Å². The smallest absolute Gasteiger partial charge is 0.230 e. The Morgan fingerprint density at radius 1 is 1.18 bits per heavy atom. The standard InChI is InChI=1S/C21H28N4O3/c26-20-13-19(24-8-10-28-11-9-24)22-18(23-20)12-21(27)25-16-6-2-1-4-14(16)15-5-3-7-17(15)25/h1-2,4,6,15,17-19,22H,3,5,7-13H2,(H,23,26). The number of hydrogen-bond donors (Lipinski definition) is 2. The molecule has 3 aliphatic heterocycles. The maximum atomic E-state index is 13.3. The molecular formula is C21H28N4O3. The van der Waals surface area contributed by atoms with Crippen LogP contribution in [0.5, 0.6) is 0 Å². The summed E-state index contributed by atoms with van der Waals surface area (Å²) in [7, 11) is 0. The van der Waals surface area contributed by atoms with Crippen molar-refractivity contribution in [3.8, 4) is 0 Å². The molecule has 0 radical (unpaired) electrons. The maximum Gasteiger partial charge on any atom is 0.230 e. The second-order valence-electron chi connectivity index (χ2n) is 8.29. The first kappa shape index (κ1) is 18.1. The lowest BCUT2D eigenvalue weighted by Crippen LogP contribution is -2.64. The Kier molecular flexibility index (Phi) is 4.82. The predicted octanol–water partition coefficient (Wildman–Crippen LogP) is 1.15. The van der Waals surface area contributed by atoms with Crippen LogP contribution in [0.25, 0.3) is 0 Å². The maximum absolute atomic E-state index is 13.3. The number of benzene rings is 1. The van der Waals surface area contributed by atoms with Crippen molar-refractivity contribution >= 4 is 17.5 Å². The van der Waals surface area contributed by atoms with E-state index >= 15 is 0 Å². The zero-order chi connectivity index (χ0) is 19.1. The number of para-hydroxylation sites is 1. The van der Waals surface area contributed by atoms with Gasteiger partial charge in [0.1, 0.15) is 0 Å². The summed E-state index contributed by atoms with van der Waals surface area (Å²) in [6.07, 6.45) is 3.74. The van der Waals surface area contributed by atoms with E-state index in [1.807, 2.05) is 11.0 Å². The van der Waals surface area contributed by atoms with Gasteiger partial charge in [-0.15, -0.1) is 0 Å². The van der Waals surface area contributed by atoms with Gasteiger partial charge in [-0.1, -0.05) is 24.6 Å². The lowest BCUT2D eigenvalue weighted by molar-refractivity contribution is -0.128. The monoisotopic (exact) mass is 384 g/mol. The second-order valence-corrected chi connectivity index (χ2v) is 8.29. The van der Waals surface area contributed by atoms with E-state index in [-0.39, 0.29) is 36.6 Å². The Morgan fingerprint density at radius 2 is 2.00 bits per heavy atom. The number of nitrogens with zero attached hydrogens (tertiary/aromatic N) is 2. The van der Waals surface area contributed by atoms with Crippen LogP contribution in [0.4, 0.5) is 5.69 Å². The number of nitrogens with one attached hydrogen (secondary N) is 2. The third-order valence-electron chi connectivity index (χ3n) is 6.65. The predicted molar refractivity (Wildman–Crippen MR) is 105 cm³/mol. The van der Waals surface area contributed by atoms with Crippen molar-refractivity contribution in [2.24, 2.45) is 0 Å². The summed E-state index contributed by atoms with van der Waals surface area (Å²) in [6, 6.07) is 8.59. The molecule has 1 saturated carbocycles. The average Bonchev–Trinajstić information content (AvgIpc) is 3.29. The minimum atomic E-state index is -0.325. The number of anilines is 1. The number of morpholine rings is 1. The molecule has 1 aliphatic carbocycles. The number of carbonyl (C=O) groups excluding carboxylic acids is 2. The Hall–Kier alpha value is -1.96. The molecule has 7 heteroatoms. The van der Waals surface area contributed by atoms with Gasteiger partial charge in [0.2, 0.25) is 11.8 Å². The summed E-state index contributed by atoms with van der Waals surface area (Å²) in [6.45, 7) is 3.01. The fourth-order valence-electron chi connectivity index (χ4n) is 5.40. The molecule has 1 aromatic rings. The molecule has 0 aromatic heterocycles. The lowest BCUT2D eigenvalue weighted by Gasteiger charge is -2.40. The van der Waals surface area contributed by atoms with E-state index < -0.39 is 0 Å². The van der Waals surface area contributed by atoms with Crippen LogP contribution in [0.2, 0.25) is 0 Å². The molecule has 7 nitrogen and oxygen atoms in total. The van der Waals surface area contributed by atoms with Crippen molar-refractivity contribution in [3.63, 3.8) is 0 Å². The molecule has 0 spiro atoms. The highest BCUT2D eigenvalue weighted by Gasteiger charge is 2.44. The average molecular weight is 384 g/mol. The fraction of sp³-hybridized carbons (Fsp3) is 0.619. The normalized spacial score (nSPS) is 32.7. The number of ether oxygens (including phenoxy) is 1. The van der Waals surface area contributed by atoms with Crippen LogP contribution in [0.15, 0.2) is 24.3 Å². The SMILES string of the molecule is O=C1CC(N2CCOCC2)NC(CC(=O)N2c3ccccc3C3CCCC32)N1. The molecule has 2 N–H and O–H groups in total. The summed E-state index contributed by atoms with van der Waals surface area (Å²) >= 11 is 0. The highest BCUT2D eigenvalue weighted by atomic mass is 16.5. The summed E-state index contributed by atoms with van der Waals surface area (Å²) in [4.78, 5) is 29.8. The van der Waals surface area contributed by atoms with Gasteiger partial charge in [-0.25, -0.2) is 0 Å². The molecule has 4 unspecified atom stereocenters. The van der Waals surface area contributed by atoms with Crippen molar-refractivity contribution < 1.29 is 14.3 Å². The Morgan fingerprint density at radius 3 is 2.86 bits per heavy atom. The van der Waals surface area contributed by atoms with Crippen LogP contribution in [-0.4, -0.2) is 61.4 Å². The summed E-state index contributed by atoms with van der Waals surface area (Å²) < 4.78 is 5.42. The molecule has 4 aliphatic rings. The van der Waals surface area contributed by atoms with Crippen LogP contribution in [0.1, 0.15) is 43.6 Å². The molecule has 5 rings (SSSR count). The molecule has 150 valence electrons. The van der Waals surface area contributed by atoms with E-state index in [2.05, 4.69) is 33.7 Å². The van der Waals surface area contributed by atoms with Crippen molar-refractivity contribution in [1.82, 2.24) is 15.5 Å². The van der Waals surface area contributed by atoms with Gasteiger partial charge >= 0.3 is 0 Å². The van der Waals surface area contributed by atoms with Crippen molar-refractivity contribution in [2.75, 3.05) is 31.2 Å². The first-order valence-corrected chi connectivity index (χ1v) is 10.5. The number of rotatable bonds is 3. The van der Waals surface area contributed by atoms with Gasteiger partial charge in [-0.2, -0.15) is 0 Å². The number of hydrogen-bond acceptors (Lipinski definition) is 5. The largest absolute Gasteiger partial charge is 0.379 e. The highest BCUT2D eigenvalue weighted by Crippen LogP contribution is 2.49. The third-order valence-corrected chi connectivity index (χ3v) is 6.65. The van der Waals surface area contributed by atoms with Gasteiger partial charge in [0, 0.05) is 30.7 Å². The van der Waals surface area contributed by atoms with E-state index in [4.69, 9.17) is 4.74 Å². The Bertz CT molecular complexity index is 764.